The second-order valence-corrected chi connectivity index (χ2v) is 26.8. The minimum Gasteiger partial charge on any atom is -0.481 e. The predicted molar refractivity (Wildman–Crippen MR) is 397 cm³/mol. The van der Waals surface area contributed by atoms with Gasteiger partial charge in [0.05, 0.1) is 23.4 Å². The van der Waals surface area contributed by atoms with Crippen LogP contribution in [0.2, 0.25) is 0 Å². The van der Waals surface area contributed by atoms with Gasteiger partial charge in [-0.05, 0) is 43.3 Å². The topological polar surface area (TPSA) is 354 Å². The second kappa shape index (κ2) is 35.6. The first-order valence-electron chi connectivity index (χ1n) is 34.8. The molecule has 0 amide bonds. The molecule has 0 aliphatic carbocycles. The summed E-state index contributed by atoms with van der Waals surface area (Å²) >= 11 is 1.39. The number of nitrogens with zero attached hydrogens (tertiary/aromatic N) is 13. The number of aryl methyl sites for hydroxylation is 3. The highest BCUT2D eigenvalue weighted by atomic mass is 32.1. The molecule has 604 valence electrons. The molecule has 0 aliphatic heterocycles. The molecule has 0 saturated carbocycles. The summed E-state index contributed by atoms with van der Waals surface area (Å²) in [5.41, 5.74) is 7.74. The molecule has 15 rings (SSSR count). The molecule has 15 aromatic rings. The summed E-state index contributed by atoms with van der Waals surface area (Å²) in [6.07, 6.45) is 2.09. The van der Waals surface area contributed by atoms with Crippen LogP contribution < -0.4 is 4.74 Å². The van der Waals surface area contributed by atoms with Crippen molar-refractivity contribution in [2.45, 2.75) is 91.4 Å². The quantitative estimate of drug-likeness (QED) is 0.0449. The summed E-state index contributed by atoms with van der Waals surface area (Å²) < 4.78 is 169. The molecule has 0 radical (unpaired) electrons. The largest absolute Gasteiger partial charge is 0.481 e. The number of ether oxygens (including phenoxy) is 1. The van der Waals surface area contributed by atoms with Gasteiger partial charge in [-0.15, -0.1) is 11.3 Å². The van der Waals surface area contributed by atoms with Gasteiger partial charge in [0.15, 0.2) is 11.6 Å². The Morgan fingerprint density at radius 1 is 0.356 bits per heavy atom. The van der Waals surface area contributed by atoms with E-state index < -0.39 is 59.1 Å². The summed E-state index contributed by atoms with van der Waals surface area (Å²) in [6.45, 7) is 8.89. The molecular weight excluding hydrogens is 1590 g/mol. The Bertz CT molecular complexity index is 5960. The van der Waals surface area contributed by atoms with Gasteiger partial charge in [-0.25, -0.2) is 4.98 Å². The van der Waals surface area contributed by atoms with Crippen molar-refractivity contribution in [3.05, 3.63) is 295 Å². The first-order valence-corrected chi connectivity index (χ1v) is 35.6. The van der Waals surface area contributed by atoms with Gasteiger partial charge < -0.3 is 36.4 Å². The molecular formula is C81H61F10N13O13S. The lowest BCUT2D eigenvalue weighted by Gasteiger charge is -2.03. The standard InChI is InChI=1S/C17H13F2N3O3.C17H12F2N2O2.C16H13F2N3O3.C16H12F2N2O2S.C15H11F2N3O3/c1-17(18,19)16-21-15(22-25-16)11-5-3-10(4-6-11)14(23)12-7-8-13(24-2)20-9-12;1-17(18,19)16-20-15(21-23-16)13-9-7-12(8-10-13)14(22)11-5-3-2-4-6-11;1-3-11-8-12(23-20-11)13(22)9-4-6-10(7-5-9)14-19-15(24-21-14)16(2,17)18;1-9-7-8-23-13(9)12(21)10-3-5-11(6-4-10)14-19-15(22-20-14)16(2,17)18;1-8-7-11(22-19-8)12(21)9-3-5-10(6-4-9)13-18-14(23-20-13)15(2,16)17/h3-9H,1-2H3;2-10H,1H3;4-8H,3H2,1-2H3;3-8H,1-2H3;3-7H,1-2H3. The van der Waals surface area contributed by atoms with Crippen molar-refractivity contribution >= 4 is 40.3 Å². The second-order valence-electron chi connectivity index (χ2n) is 25.8. The van der Waals surface area contributed by atoms with Gasteiger partial charge in [0.25, 0.3) is 29.5 Å². The predicted octanol–water partition coefficient (Wildman–Crippen LogP) is 19.0. The maximum atomic E-state index is 13.1. The van der Waals surface area contributed by atoms with Crippen LogP contribution in [0.25, 0.3) is 56.9 Å². The third kappa shape index (κ3) is 21.2. The fraction of sp³-hybridized carbons (Fsp3) is 0.185. The van der Waals surface area contributed by atoms with E-state index in [0.29, 0.717) is 130 Å². The number of carbonyl (C=O) groups excluding carboxylic acids is 5. The van der Waals surface area contributed by atoms with Crippen LogP contribution in [0.15, 0.2) is 225 Å². The Balaban J connectivity index is 0.000000145. The Hall–Kier alpha value is -14.3. The van der Waals surface area contributed by atoms with Gasteiger partial charge in [-0.2, -0.15) is 68.8 Å². The molecule has 9 aromatic heterocycles. The van der Waals surface area contributed by atoms with Crippen LogP contribution in [0.1, 0.15) is 167 Å². The summed E-state index contributed by atoms with van der Waals surface area (Å²) in [5.74, 6) is -19.9. The minimum atomic E-state index is -3.21. The van der Waals surface area contributed by atoms with Crippen molar-refractivity contribution in [2.75, 3.05) is 7.11 Å². The van der Waals surface area contributed by atoms with E-state index >= 15 is 0 Å². The average molecular weight is 1650 g/mol. The molecule has 0 aliphatic rings. The number of ketones is 5. The Labute approximate surface area is 664 Å². The van der Waals surface area contributed by atoms with E-state index in [1.165, 1.54) is 55.0 Å². The van der Waals surface area contributed by atoms with Crippen LogP contribution in [0, 0.1) is 13.8 Å². The minimum absolute atomic E-state index is 0.0241. The van der Waals surface area contributed by atoms with E-state index in [9.17, 15) is 67.9 Å². The monoisotopic (exact) mass is 1650 g/mol. The van der Waals surface area contributed by atoms with E-state index in [4.69, 9.17) is 13.8 Å². The maximum absolute atomic E-state index is 13.1. The van der Waals surface area contributed by atoms with Crippen LogP contribution in [0.5, 0.6) is 5.88 Å². The van der Waals surface area contributed by atoms with Gasteiger partial charge in [0.2, 0.25) is 63.9 Å². The molecule has 37 heteroatoms. The number of halogens is 10. The van der Waals surface area contributed by atoms with Gasteiger partial charge in [0, 0.05) is 126 Å². The zero-order chi connectivity index (χ0) is 85.0. The van der Waals surface area contributed by atoms with Crippen molar-refractivity contribution in [1.82, 2.24) is 66.0 Å². The highest BCUT2D eigenvalue weighted by Crippen LogP contribution is 2.34. The Kier molecular flexibility index (Phi) is 25.6. The maximum Gasteiger partial charge on any atom is 0.322 e. The Morgan fingerprint density at radius 3 is 0.932 bits per heavy atom. The van der Waals surface area contributed by atoms with Crippen molar-refractivity contribution < 1.29 is 104 Å². The molecule has 26 nitrogen and oxygen atoms in total. The van der Waals surface area contributed by atoms with Crippen molar-refractivity contribution in [3.8, 4) is 62.8 Å². The van der Waals surface area contributed by atoms with Gasteiger partial charge in [-0.3, -0.25) is 24.0 Å². The van der Waals surface area contributed by atoms with Crippen LogP contribution >= 0.6 is 11.3 Å². The number of hydrogen-bond acceptors (Lipinski definition) is 27. The fourth-order valence-electron chi connectivity index (χ4n) is 10.1. The number of hydrogen-bond donors (Lipinski definition) is 0. The van der Waals surface area contributed by atoms with Gasteiger partial charge in [0.1, 0.15) is 0 Å². The van der Waals surface area contributed by atoms with Crippen LogP contribution in [0.3, 0.4) is 0 Å². The Morgan fingerprint density at radius 2 is 0.661 bits per heavy atom. The van der Waals surface area contributed by atoms with E-state index in [1.54, 1.807) is 146 Å². The summed E-state index contributed by atoms with van der Waals surface area (Å²) in [7, 11) is 1.49. The smallest absolute Gasteiger partial charge is 0.322 e. The van der Waals surface area contributed by atoms with Crippen molar-refractivity contribution in [1.29, 1.82) is 0 Å². The van der Waals surface area contributed by atoms with E-state index in [2.05, 4.69) is 88.6 Å². The van der Waals surface area contributed by atoms with Gasteiger partial charge >= 0.3 is 29.6 Å². The zero-order valence-electron chi connectivity index (χ0n) is 63.0. The van der Waals surface area contributed by atoms with E-state index in [0.717, 1.165) is 5.56 Å². The number of pyridine rings is 1. The van der Waals surface area contributed by atoms with Gasteiger partial charge in [-0.1, -0.05) is 195 Å². The first-order chi connectivity index (χ1) is 55.9. The SMILES string of the molecule is CC(F)(F)c1nc(-c2ccc(C(=O)c3ccccc3)cc2)no1.CCc1cc(C(=O)c2ccc(-c3noc(C(C)(F)F)n3)cc2)on1.COc1ccc(C(=O)c2ccc(-c3noc(C(C)(F)F)n3)cc2)cn1.Cc1cc(C(=O)c2ccc(-c3noc(C(C)(F)F)n3)cc2)on1.Cc1ccsc1C(=O)c1ccc(-c2noc(C(C)(F)F)n2)cc1. The number of methoxy groups -OCH3 is 1. The molecule has 0 atom stereocenters. The third-order valence-corrected chi connectivity index (χ3v) is 17.4. The first kappa shape index (κ1) is 84.6. The molecule has 0 bridgehead atoms. The van der Waals surface area contributed by atoms with Crippen LogP contribution in [-0.4, -0.2) is 102 Å². The highest BCUT2D eigenvalue weighted by molar-refractivity contribution is 7.12. The normalized spacial score (nSPS) is 11.6. The number of aromatic nitrogens is 13. The lowest BCUT2D eigenvalue weighted by Crippen LogP contribution is -2.07. The molecule has 6 aromatic carbocycles. The molecule has 118 heavy (non-hydrogen) atoms. The molecule has 0 saturated heterocycles. The summed E-state index contributed by atoms with van der Waals surface area (Å²) in [5, 5.41) is 26.9. The molecule has 0 fully saturated rings. The molecule has 0 N–H and O–H groups in total. The number of benzene rings is 6. The molecule has 0 spiro atoms. The third-order valence-electron chi connectivity index (χ3n) is 16.3. The zero-order valence-corrected chi connectivity index (χ0v) is 63.8. The van der Waals surface area contributed by atoms with Crippen molar-refractivity contribution in [3.63, 3.8) is 0 Å². The van der Waals surface area contributed by atoms with Crippen molar-refractivity contribution in [2.24, 2.45) is 0 Å². The lowest BCUT2D eigenvalue weighted by atomic mass is 10.0. The van der Waals surface area contributed by atoms with Crippen LogP contribution in [0.4, 0.5) is 43.9 Å². The number of thiophene rings is 1. The lowest BCUT2D eigenvalue weighted by molar-refractivity contribution is -0.0162. The summed E-state index contributed by atoms with van der Waals surface area (Å²) in [4.78, 5) is 84.5. The molecule has 9 heterocycles. The summed E-state index contributed by atoms with van der Waals surface area (Å²) in [6, 6.07) is 48.5. The van der Waals surface area contributed by atoms with E-state index in [1.807, 2.05) is 31.4 Å². The molecule has 0 unspecified atom stereocenters. The fourth-order valence-corrected chi connectivity index (χ4v) is 11.0. The van der Waals surface area contributed by atoms with Crippen LogP contribution in [-0.2, 0) is 36.0 Å². The number of rotatable bonds is 22. The van der Waals surface area contributed by atoms with E-state index in [-0.39, 0.29) is 69.6 Å². The highest BCUT2D eigenvalue weighted by Gasteiger charge is 2.37. The average Bonchev–Trinajstić information content (AvgIpc) is 1.61. The number of alkyl halides is 10. The number of carbonyl (C=O) groups is 5.